The van der Waals surface area contributed by atoms with Crippen LogP contribution < -0.4 is 10.6 Å². The molecule has 0 radical (unpaired) electrons. The van der Waals surface area contributed by atoms with Gasteiger partial charge in [0.15, 0.2) is 0 Å². The van der Waals surface area contributed by atoms with E-state index in [1.807, 2.05) is 25.1 Å². The maximum Gasteiger partial charge on any atom is 0.325 e. The molecule has 1 unspecified atom stereocenters. The second kappa shape index (κ2) is 4.66. The van der Waals surface area contributed by atoms with Crippen LogP contribution in [0.2, 0.25) is 0 Å². The molecule has 0 saturated carbocycles. The van der Waals surface area contributed by atoms with E-state index in [1.165, 1.54) is 7.11 Å². The fraction of sp³-hybridized carbons (Fsp3) is 0.429. The number of hydrogen-bond acceptors (Lipinski definition) is 4. The predicted molar refractivity (Wildman–Crippen MR) is 71.8 cm³/mol. The first-order valence-electron chi connectivity index (χ1n) is 6.12. The van der Waals surface area contributed by atoms with E-state index < -0.39 is 17.6 Å². The number of ether oxygens (including phenoxy) is 1. The number of carbonyl (C=O) groups excluding carboxylic acids is 2. The molecule has 1 aromatic rings. The van der Waals surface area contributed by atoms with E-state index in [4.69, 9.17) is 4.74 Å². The van der Waals surface area contributed by atoms with Crippen molar-refractivity contribution >= 4 is 17.6 Å². The number of methoxy groups -OCH3 is 1. The number of rotatable bonds is 3. The Kier molecular flexibility index (Phi) is 3.32. The summed E-state index contributed by atoms with van der Waals surface area (Å²) in [6.45, 7) is 5.35. The summed E-state index contributed by atoms with van der Waals surface area (Å²) in [6.07, 6.45) is 0. The van der Waals surface area contributed by atoms with Crippen molar-refractivity contribution in [1.29, 1.82) is 0 Å². The van der Waals surface area contributed by atoms with Crippen LogP contribution in [0.15, 0.2) is 18.2 Å². The molecular formula is C14H18N2O3. The van der Waals surface area contributed by atoms with Gasteiger partial charge < -0.3 is 10.1 Å². The lowest BCUT2D eigenvalue weighted by Gasteiger charge is -2.26. The maximum atomic E-state index is 12.0. The van der Waals surface area contributed by atoms with Crippen molar-refractivity contribution in [3.05, 3.63) is 29.3 Å². The Hall–Kier alpha value is -1.88. The summed E-state index contributed by atoms with van der Waals surface area (Å²) in [5.41, 5.74) is 1.79. The van der Waals surface area contributed by atoms with Gasteiger partial charge in [-0.2, -0.15) is 0 Å². The highest BCUT2D eigenvalue weighted by atomic mass is 16.5. The molecule has 5 heteroatoms. The lowest BCUT2D eigenvalue weighted by atomic mass is 10.00. The summed E-state index contributed by atoms with van der Waals surface area (Å²) in [5, 5.41) is 5.85. The monoisotopic (exact) mass is 262 g/mol. The molecule has 0 fully saturated rings. The first-order valence-corrected chi connectivity index (χ1v) is 6.12. The average Bonchev–Trinajstić information content (AvgIpc) is 2.64. The van der Waals surface area contributed by atoms with Crippen LogP contribution in [0.3, 0.4) is 0 Å². The number of anilines is 1. The molecule has 5 nitrogen and oxygen atoms in total. The third-order valence-corrected chi connectivity index (χ3v) is 3.24. The number of aryl methyl sites for hydroxylation is 1. The van der Waals surface area contributed by atoms with Gasteiger partial charge in [-0.1, -0.05) is 17.7 Å². The molecule has 102 valence electrons. The van der Waals surface area contributed by atoms with E-state index in [0.717, 1.165) is 16.8 Å². The van der Waals surface area contributed by atoms with Crippen LogP contribution >= 0.6 is 0 Å². The van der Waals surface area contributed by atoms with E-state index in [1.54, 1.807) is 13.8 Å². The van der Waals surface area contributed by atoms with Crippen molar-refractivity contribution in [2.24, 2.45) is 0 Å². The van der Waals surface area contributed by atoms with Crippen LogP contribution in [0, 0.1) is 6.92 Å². The van der Waals surface area contributed by atoms with Gasteiger partial charge in [-0.05, 0) is 26.8 Å². The Morgan fingerprint density at radius 3 is 2.74 bits per heavy atom. The molecule has 1 aliphatic rings. The Balaban J connectivity index is 2.30. The van der Waals surface area contributed by atoms with Gasteiger partial charge in [0.2, 0.25) is 5.91 Å². The zero-order valence-corrected chi connectivity index (χ0v) is 11.5. The number of fused-ring (bicyclic) bond motifs is 1. The second-order valence-corrected chi connectivity index (χ2v) is 5.27. The van der Waals surface area contributed by atoms with Gasteiger partial charge in [0, 0.05) is 11.3 Å². The number of nitrogens with one attached hydrogen (secondary N) is 2. The van der Waals surface area contributed by atoms with Gasteiger partial charge >= 0.3 is 5.97 Å². The van der Waals surface area contributed by atoms with Crippen molar-refractivity contribution < 1.29 is 14.3 Å². The highest BCUT2D eigenvalue weighted by Gasteiger charge is 2.38. The summed E-state index contributed by atoms with van der Waals surface area (Å²) in [7, 11) is 1.33. The summed E-state index contributed by atoms with van der Waals surface area (Å²) >= 11 is 0. The molecule has 1 amide bonds. The van der Waals surface area contributed by atoms with Gasteiger partial charge in [-0.3, -0.25) is 14.9 Å². The first-order chi connectivity index (χ1) is 8.85. The van der Waals surface area contributed by atoms with Gasteiger partial charge in [-0.25, -0.2) is 0 Å². The number of amides is 1. The van der Waals surface area contributed by atoms with Gasteiger partial charge in [0.05, 0.1) is 7.11 Å². The van der Waals surface area contributed by atoms with Gasteiger partial charge in [0.25, 0.3) is 0 Å². The van der Waals surface area contributed by atoms with Crippen LogP contribution in [0.5, 0.6) is 0 Å². The molecule has 0 aromatic heterocycles. The van der Waals surface area contributed by atoms with Crippen LogP contribution in [-0.2, 0) is 14.3 Å². The molecule has 2 N–H and O–H groups in total. The Morgan fingerprint density at radius 1 is 1.42 bits per heavy atom. The summed E-state index contributed by atoms with van der Waals surface area (Å²) < 4.78 is 4.74. The van der Waals surface area contributed by atoms with Crippen molar-refractivity contribution in [2.75, 3.05) is 12.4 Å². The van der Waals surface area contributed by atoms with E-state index in [-0.39, 0.29) is 5.91 Å². The van der Waals surface area contributed by atoms with Crippen LogP contribution in [-0.4, -0.2) is 24.5 Å². The standard InChI is InChI=1S/C14H18N2O3/c1-8-5-6-10-9(7-8)11(12(17)15-10)16-14(2,3)13(18)19-4/h5-7,11,16H,1-4H3,(H,15,17). The van der Waals surface area contributed by atoms with E-state index in [2.05, 4.69) is 10.6 Å². The molecule has 1 aromatic carbocycles. The third kappa shape index (κ3) is 2.46. The molecule has 1 atom stereocenters. The second-order valence-electron chi connectivity index (χ2n) is 5.27. The number of carbonyl (C=O) groups is 2. The van der Waals surface area contributed by atoms with E-state index >= 15 is 0 Å². The van der Waals surface area contributed by atoms with Crippen molar-refractivity contribution in [3.8, 4) is 0 Å². The quantitative estimate of drug-likeness (QED) is 0.811. The van der Waals surface area contributed by atoms with Crippen LogP contribution in [0.4, 0.5) is 5.69 Å². The smallest absolute Gasteiger partial charge is 0.325 e. The topological polar surface area (TPSA) is 67.4 Å². The Labute approximate surface area is 112 Å². The molecule has 0 saturated heterocycles. The fourth-order valence-corrected chi connectivity index (χ4v) is 2.20. The normalized spacial score (nSPS) is 17.9. The lowest BCUT2D eigenvalue weighted by molar-refractivity contribution is -0.147. The maximum absolute atomic E-state index is 12.0. The summed E-state index contributed by atoms with van der Waals surface area (Å²) in [5.74, 6) is -0.556. The first kappa shape index (κ1) is 13.5. The molecule has 0 bridgehead atoms. The molecule has 1 aliphatic heterocycles. The fourth-order valence-electron chi connectivity index (χ4n) is 2.20. The van der Waals surface area contributed by atoms with E-state index in [0.29, 0.717) is 0 Å². The predicted octanol–water partition coefficient (Wildman–Crippen LogP) is 1.53. The highest BCUT2D eigenvalue weighted by molar-refractivity contribution is 6.03. The minimum Gasteiger partial charge on any atom is -0.468 e. The molecule has 1 heterocycles. The minimum absolute atomic E-state index is 0.155. The molecule has 0 spiro atoms. The van der Waals surface area contributed by atoms with Gasteiger partial charge in [0.1, 0.15) is 11.6 Å². The molecule has 2 rings (SSSR count). The Bertz CT molecular complexity index is 537. The molecule has 0 aliphatic carbocycles. The highest BCUT2D eigenvalue weighted by Crippen LogP contribution is 2.32. The van der Waals surface area contributed by atoms with Gasteiger partial charge in [-0.15, -0.1) is 0 Å². The zero-order chi connectivity index (χ0) is 14.2. The lowest BCUT2D eigenvalue weighted by Crippen LogP contribution is -2.50. The minimum atomic E-state index is -0.928. The van der Waals surface area contributed by atoms with Crippen LogP contribution in [0.25, 0.3) is 0 Å². The summed E-state index contributed by atoms with van der Waals surface area (Å²) in [4.78, 5) is 23.7. The van der Waals surface area contributed by atoms with Crippen molar-refractivity contribution in [2.45, 2.75) is 32.4 Å². The SMILES string of the molecule is COC(=O)C(C)(C)NC1C(=O)Nc2ccc(C)cc21. The number of hydrogen-bond donors (Lipinski definition) is 2. The zero-order valence-electron chi connectivity index (χ0n) is 11.5. The van der Waals surface area contributed by atoms with Crippen LogP contribution in [0.1, 0.15) is 31.0 Å². The molecule has 19 heavy (non-hydrogen) atoms. The molecular weight excluding hydrogens is 244 g/mol. The van der Waals surface area contributed by atoms with Crippen molar-refractivity contribution in [3.63, 3.8) is 0 Å². The van der Waals surface area contributed by atoms with Crippen molar-refractivity contribution in [1.82, 2.24) is 5.32 Å². The van der Waals surface area contributed by atoms with E-state index in [9.17, 15) is 9.59 Å². The average molecular weight is 262 g/mol. The summed E-state index contributed by atoms with van der Waals surface area (Å²) in [6, 6.07) is 5.21. The number of benzene rings is 1. The largest absolute Gasteiger partial charge is 0.468 e. The number of esters is 1. The third-order valence-electron chi connectivity index (χ3n) is 3.24. The Morgan fingerprint density at radius 2 is 2.11 bits per heavy atom.